The van der Waals surface area contributed by atoms with Gasteiger partial charge in [-0.25, -0.2) is 13.2 Å². The molecule has 124 valence electrons. The Labute approximate surface area is 133 Å². The molecule has 2 aliphatic rings. The van der Waals surface area contributed by atoms with E-state index in [1.54, 1.807) is 0 Å². The highest BCUT2D eigenvalue weighted by molar-refractivity contribution is 8.15. The first-order valence-corrected chi connectivity index (χ1v) is 7.46. The maximum absolute atomic E-state index is 13.0. The van der Waals surface area contributed by atoms with Gasteiger partial charge >= 0.3 is 0 Å². The number of benzene rings is 1. The number of hydrogen-bond acceptors (Lipinski definition) is 6. The second kappa shape index (κ2) is 6.28. The van der Waals surface area contributed by atoms with E-state index in [1.165, 1.54) is 12.1 Å². The first kappa shape index (κ1) is 15.9. The van der Waals surface area contributed by atoms with Crippen LogP contribution < -0.4 is 14.4 Å². The van der Waals surface area contributed by atoms with Crippen LogP contribution >= 0.6 is 11.8 Å². The largest absolute Gasteiger partial charge is 0.454 e. The summed E-state index contributed by atoms with van der Waals surface area (Å²) in [6.07, 6.45) is -6.01. The Kier molecular flexibility index (Phi) is 4.35. The second-order valence-electron chi connectivity index (χ2n) is 4.65. The zero-order chi connectivity index (χ0) is 16.6. The van der Waals surface area contributed by atoms with Gasteiger partial charge in [-0.15, -0.1) is 0 Å². The normalized spacial score (nSPS) is 18.2. The summed E-state index contributed by atoms with van der Waals surface area (Å²) in [5, 5.41) is 7.80. The summed E-state index contributed by atoms with van der Waals surface area (Å²) in [6.45, 7) is -0.527. The highest BCUT2D eigenvalue weighted by Gasteiger charge is 2.32. The van der Waals surface area contributed by atoms with Crippen molar-refractivity contribution >= 4 is 28.5 Å². The monoisotopic (exact) mass is 348 g/mol. The van der Waals surface area contributed by atoms with Gasteiger partial charge in [0.2, 0.25) is 12.7 Å². The number of halogens is 3. The molecule has 1 atom stereocenters. The number of ether oxygens (including phenoxy) is 3. The van der Waals surface area contributed by atoms with E-state index in [0.29, 0.717) is 11.5 Å². The molecule has 23 heavy (non-hydrogen) atoms. The van der Waals surface area contributed by atoms with E-state index in [-0.39, 0.29) is 34.9 Å². The van der Waals surface area contributed by atoms with E-state index in [9.17, 15) is 18.0 Å². The average Bonchev–Trinajstić information content (AvgIpc) is 3.09. The minimum absolute atomic E-state index is 0.0132. The van der Waals surface area contributed by atoms with Gasteiger partial charge in [0.05, 0.1) is 18.0 Å². The minimum Gasteiger partial charge on any atom is -0.454 e. The maximum Gasteiger partial charge on any atom is 0.293 e. The van der Waals surface area contributed by atoms with Gasteiger partial charge in [0.25, 0.3) is 12.8 Å². The Hall–Kier alpha value is -1.94. The van der Waals surface area contributed by atoms with Gasteiger partial charge in [-0.1, -0.05) is 11.8 Å². The predicted molar refractivity (Wildman–Crippen MR) is 75.9 cm³/mol. The number of anilines is 1. The molecule has 1 fully saturated rings. The van der Waals surface area contributed by atoms with Crippen molar-refractivity contribution in [3.63, 3.8) is 0 Å². The lowest BCUT2D eigenvalue weighted by molar-refractivity contribution is -0.135. The van der Waals surface area contributed by atoms with E-state index in [2.05, 4.69) is 4.74 Å². The van der Waals surface area contributed by atoms with Crippen LogP contribution in [0.5, 0.6) is 11.5 Å². The highest BCUT2D eigenvalue weighted by Crippen LogP contribution is 2.40. The van der Waals surface area contributed by atoms with Crippen molar-refractivity contribution in [2.45, 2.75) is 19.4 Å². The van der Waals surface area contributed by atoms with Crippen LogP contribution in [0.2, 0.25) is 0 Å². The maximum atomic E-state index is 13.0. The molecule has 1 saturated heterocycles. The van der Waals surface area contributed by atoms with Crippen LogP contribution in [0.25, 0.3) is 0 Å². The molecule has 0 radical (unpaired) electrons. The molecular formula is C13H11F3N2O4S. The zero-order valence-corrected chi connectivity index (χ0v) is 12.4. The SMILES string of the molecule is N=C1SCC(=O)N1c1cc2c(cc1COC(F)C(F)F)OCO2. The molecule has 2 heterocycles. The first-order chi connectivity index (χ1) is 11.0. The lowest BCUT2D eigenvalue weighted by atomic mass is 10.1. The van der Waals surface area contributed by atoms with Crippen LogP contribution in [-0.4, -0.2) is 36.4 Å². The summed E-state index contributed by atoms with van der Waals surface area (Å²) in [5.74, 6) is 0.444. The molecule has 0 aromatic heterocycles. The van der Waals surface area contributed by atoms with Crippen molar-refractivity contribution < 1.29 is 32.2 Å². The fourth-order valence-electron chi connectivity index (χ4n) is 2.16. The number of nitrogens with zero attached hydrogens (tertiary/aromatic N) is 1. The first-order valence-electron chi connectivity index (χ1n) is 6.48. The Morgan fingerprint density at radius 2 is 2.00 bits per heavy atom. The number of alkyl halides is 3. The Morgan fingerprint density at radius 1 is 1.30 bits per heavy atom. The zero-order valence-electron chi connectivity index (χ0n) is 11.6. The lowest BCUT2D eigenvalue weighted by Crippen LogP contribution is -2.30. The molecule has 0 aliphatic carbocycles. The molecule has 6 nitrogen and oxygen atoms in total. The molecule has 2 aliphatic heterocycles. The van der Waals surface area contributed by atoms with E-state index < -0.39 is 19.4 Å². The summed E-state index contributed by atoms with van der Waals surface area (Å²) >= 11 is 1.03. The quantitative estimate of drug-likeness (QED) is 0.885. The Bertz CT molecular complexity index is 642. The molecule has 0 bridgehead atoms. The topological polar surface area (TPSA) is 71.9 Å². The van der Waals surface area contributed by atoms with Crippen molar-refractivity contribution in [3.8, 4) is 11.5 Å². The van der Waals surface area contributed by atoms with Gasteiger partial charge in [-0.3, -0.25) is 15.1 Å². The van der Waals surface area contributed by atoms with Crippen LogP contribution in [0.15, 0.2) is 12.1 Å². The fourth-order valence-corrected chi connectivity index (χ4v) is 2.87. The molecule has 0 saturated carbocycles. The number of fused-ring (bicyclic) bond motifs is 1. The van der Waals surface area contributed by atoms with E-state index >= 15 is 0 Å². The Balaban J connectivity index is 1.93. The van der Waals surface area contributed by atoms with Crippen LogP contribution in [0.3, 0.4) is 0 Å². The van der Waals surface area contributed by atoms with Gasteiger partial charge in [0.15, 0.2) is 16.7 Å². The number of carbonyl (C=O) groups excluding carboxylic acids is 1. The van der Waals surface area contributed by atoms with Crippen molar-refractivity contribution in [2.24, 2.45) is 0 Å². The van der Waals surface area contributed by atoms with E-state index in [0.717, 1.165) is 16.7 Å². The Morgan fingerprint density at radius 3 is 2.61 bits per heavy atom. The van der Waals surface area contributed by atoms with Crippen LogP contribution in [0.1, 0.15) is 5.56 Å². The average molecular weight is 348 g/mol. The molecule has 0 spiro atoms. The lowest BCUT2D eigenvalue weighted by Gasteiger charge is -2.20. The van der Waals surface area contributed by atoms with Crippen LogP contribution in [-0.2, 0) is 16.1 Å². The summed E-state index contributed by atoms with van der Waals surface area (Å²) in [4.78, 5) is 13.1. The van der Waals surface area contributed by atoms with Gasteiger partial charge in [0.1, 0.15) is 0 Å². The summed E-state index contributed by atoms with van der Waals surface area (Å²) < 4.78 is 52.3. The number of amides is 1. The third-order valence-electron chi connectivity index (χ3n) is 3.20. The molecule has 1 N–H and O–H groups in total. The van der Waals surface area contributed by atoms with Gasteiger partial charge in [-0.2, -0.15) is 0 Å². The second-order valence-corrected chi connectivity index (χ2v) is 5.62. The predicted octanol–water partition coefficient (Wildman–Crippen LogP) is 2.51. The number of carbonyl (C=O) groups is 1. The number of amidine groups is 1. The van der Waals surface area contributed by atoms with Gasteiger partial charge < -0.3 is 14.2 Å². The van der Waals surface area contributed by atoms with Crippen LogP contribution in [0.4, 0.5) is 18.9 Å². The standard InChI is InChI=1S/C13H11F3N2O4S/c14-11(15)12(16)20-3-6-1-8-9(22-5-21-8)2-7(6)18-10(19)4-23-13(18)17/h1-2,11-12,17H,3-5H2. The number of rotatable bonds is 5. The molecule has 1 amide bonds. The van der Waals surface area contributed by atoms with Gasteiger partial charge in [0, 0.05) is 11.6 Å². The summed E-state index contributed by atoms with van der Waals surface area (Å²) in [5.41, 5.74) is 0.480. The van der Waals surface area contributed by atoms with E-state index in [1.807, 2.05) is 0 Å². The van der Waals surface area contributed by atoms with Crippen LogP contribution in [0, 0.1) is 5.41 Å². The summed E-state index contributed by atoms with van der Waals surface area (Å²) in [6, 6.07) is 2.88. The third kappa shape index (κ3) is 3.08. The fraction of sp³-hybridized carbons (Fsp3) is 0.385. The van der Waals surface area contributed by atoms with Crippen molar-refractivity contribution in [2.75, 3.05) is 17.4 Å². The number of nitrogens with one attached hydrogen (secondary N) is 1. The number of hydrogen-bond donors (Lipinski definition) is 1. The summed E-state index contributed by atoms with van der Waals surface area (Å²) in [7, 11) is 0. The molecule has 1 unspecified atom stereocenters. The van der Waals surface area contributed by atoms with Crippen molar-refractivity contribution in [1.29, 1.82) is 5.41 Å². The van der Waals surface area contributed by atoms with Gasteiger partial charge in [-0.05, 0) is 6.07 Å². The third-order valence-corrected chi connectivity index (χ3v) is 4.04. The molecule has 10 heteroatoms. The number of thioether (sulfide) groups is 1. The van der Waals surface area contributed by atoms with Crippen molar-refractivity contribution in [3.05, 3.63) is 17.7 Å². The molecule has 1 aromatic rings. The minimum atomic E-state index is -3.27. The smallest absolute Gasteiger partial charge is 0.293 e. The highest BCUT2D eigenvalue weighted by atomic mass is 32.2. The molecule has 3 rings (SSSR count). The molecule has 1 aromatic carbocycles. The van der Waals surface area contributed by atoms with Crippen molar-refractivity contribution in [1.82, 2.24) is 0 Å². The molecular weight excluding hydrogens is 337 g/mol. The van der Waals surface area contributed by atoms with E-state index in [4.69, 9.17) is 14.9 Å².